The fraction of sp³-hybridized carbons (Fsp3) is 0.357. The zero-order valence-electron chi connectivity index (χ0n) is 11.8. The molecule has 0 radical (unpaired) electrons. The largest absolute Gasteiger partial charge is 0.496 e. The van der Waals surface area contributed by atoms with Gasteiger partial charge in [-0.15, -0.1) is 5.10 Å². The Morgan fingerprint density at radius 3 is 2.90 bits per heavy atom. The van der Waals surface area contributed by atoms with Crippen LogP contribution in [-0.2, 0) is 13.0 Å². The molecule has 2 aromatic rings. The Kier molecular flexibility index (Phi) is 5.28. The fourth-order valence-corrected chi connectivity index (χ4v) is 1.96. The van der Waals surface area contributed by atoms with Crippen LogP contribution in [0.5, 0.6) is 5.75 Å². The number of para-hydroxylation sites is 1. The SMILES string of the molecule is COc1ccccc1CCNCCn1cc(C(=O)O)nn1. The molecule has 0 bridgehead atoms. The molecule has 112 valence electrons. The van der Waals surface area contributed by atoms with E-state index in [1.807, 2.05) is 24.3 Å². The Morgan fingerprint density at radius 2 is 2.19 bits per heavy atom. The van der Waals surface area contributed by atoms with Gasteiger partial charge in [0.2, 0.25) is 0 Å². The van der Waals surface area contributed by atoms with Gasteiger partial charge in [0.15, 0.2) is 5.69 Å². The van der Waals surface area contributed by atoms with Crippen LogP contribution >= 0.6 is 0 Å². The van der Waals surface area contributed by atoms with Crippen molar-refractivity contribution in [3.8, 4) is 5.75 Å². The number of ether oxygens (including phenoxy) is 1. The van der Waals surface area contributed by atoms with E-state index in [0.29, 0.717) is 13.1 Å². The molecule has 0 aliphatic heterocycles. The van der Waals surface area contributed by atoms with Crippen LogP contribution in [0, 0.1) is 0 Å². The number of hydrogen-bond acceptors (Lipinski definition) is 5. The maximum absolute atomic E-state index is 10.7. The van der Waals surface area contributed by atoms with Gasteiger partial charge in [0.05, 0.1) is 19.9 Å². The van der Waals surface area contributed by atoms with Crippen molar-refractivity contribution in [3.63, 3.8) is 0 Å². The van der Waals surface area contributed by atoms with Crippen LogP contribution in [0.1, 0.15) is 16.1 Å². The maximum Gasteiger partial charge on any atom is 0.358 e. The fourth-order valence-electron chi connectivity index (χ4n) is 1.96. The smallest absolute Gasteiger partial charge is 0.358 e. The van der Waals surface area contributed by atoms with Gasteiger partial charge in [0.25, 0.3) is 0 Å². The lowest BCUT2D eigenvalue weighted by Gasteiger charge is -2.08. The number of carboxylic acids is 1. The van der Waals surface area contributed by atoms with Crippen molar-refractivity contribution in [3.05, 3.63) is 41.7 Å². The van der Waals surface area contributed by atoms with E-state index in [9.17, 15) is 4.79 Å². The van der Waals surface area contributed by atoms with Crippen LogP contribution in [-0.4, -0.2) is 46.3 Å². The van der Waals surface area contributed by atoms with Crippen LogP contribution in [0.2, 0.25) is 0 Å². The lowest BCUT2D eigenvalue weighted by molar-refractivity contribution is 0.0690. The lowest BCUT2D eigenvalue weighted by Crippen LogP contribution is -2.22. The van der Waals surface area contributed by atoms with Gasteiger partial charge < -0.3 is 15.2 Å². The first kappa shape index (κ1) is 15.0. The molecule has 0 aliphatic rings. The summed E-state index contributed by atoms with van der Waals surface area (Å²) >= 11 is 0. The number of benzene rings is 1. The number of hydrogen-bond donors (Lipinski definition) is 2. The molecule has 0 fully saturated rings. The highest BCUT2D eigenvalue weighted by molar-refractivity contribution is 5.84. The van der Waals surface area contributed by atoms with Crippen molar-refractivity contribution < 1.29 is 14.6 Å². The first-order valence-electron chi connectivity index (χ1n) is 6.66. The summed E-state index contributed by atoms with van der Waals surface area (Å²) in [6, 6.07) is 7.91. The van der Waals surface area contributed by atoms with E-state index >= 15 is 0 Å². The highest BCUT2D eigenvalue weighted by Crippen LogP contribution is 2.17. The topological polar surface area (TPSA) is 89.3 Å². The van der Waals surface area contributed by atoms with Gasteiger partial charge in [-0.1, -0.05) is 23.4 Å². The van der Waals surface area contributed by atoms with Gasteiger partial charge in [0, 0.05) is 6.54 Å². The minimum absolute atomic E-state index is 0.0379. The number of carboxylic acid groups (broad SMARTS) is 1. The third kappa shape index (κ3) is 4.28. The number of nitrogens with zero attached hydrogens (tertiary/aromatic N) is 3. The Morgan fingerprint density at radius 1 is 1.38 bits per heavy atom. The van der Waals surface area contributed by atoms with Crippen molar-refractivity contribution in [1.29, 1.82) is 0 Å². The first-order chi connectivity index (χ1) is 10.2. The Balaban J connectivity index is 1.71. The van der Waals surface area contributed by atoms with E-state index < -0.39 is 5.97 Å². The Labute approximate surface area is 122 Å². The van der Waals surface area contributed by atoms with Crippen LogP contribution in [0.15, 0.2) is 30.5 Å². The van der Waals surface area contributed by atoms with E-state index in [4.69, 9.17) is 9.84 Å². The standard InChI is InChI=1S/C14H18N4O3/c1-21-13-5-3-2-4-11(13)6-7-15-8-9-18-10-12(14(19)20)16-17-18/h2-5,10,15H,6-9H2,1H3,(H,19,20). The van der Waals surface area contributed by atoms with Crippen molar-refractivity contribution in [1.82, 2.24) is 20.3 Å². The second kappa shape index (κ2) is 7.39. The maximum atomic E-state index is 10.7. The molecule has 0 unspecified atom stereocenters. The number of methoxy groups -OCH3 is 1. The molecule has 0 spiro atoms. The molecule has 0 amide bonds. The molecule has 1 aromatic carbocycles. The van der Waals surface area contributed by atoms with Crippen LogP contribution in [0.25, 0.3) is 0 Å². The predicted octanol–water partition coefficient (Wildman–Crippen LogP) is 0.817. The molecule has 0 saturated heterocycles. The molecule has 21 heavy (non-hydrogen) atoms. The summed E-state index contributed by atoms with van der Waals surface area (Å²) in [4.78, 5) is 10.7. The average molecular weight is 290 g/mol. The monoisotopic (exact) mass is 290 g/mol. The Hall–Kier alpha value is -2.41. The molecule has 2 N–H and O–H groups in total. The number of rotatable bonds is 8. The van der Waals surface area contributed by atoms with E-state index in [1.165, 1.54) is 10.9 Å². The summed E-state index contributed by atoms with van der Waals surface area (Å²) in [5, 5.41) is 19.3. The normalized spacial score (nSPS) is 10.5. The van der Waals surface area contributed by atoms with Gasteiger partial charge in [0.1, 0.15) is 5.75 Å². The summed E-state index contributed by atoms with van der Waals surface area (Å²) < 4.78 is 6.80. The van der Waals surface area contributed by atoms with Crippen LogP contribution in [0.3, 0.4) is 0 Å². The summed E-state index contributed by atoms with van der Waals surface area (Å²) in [6.45, 7) is 2.07. The molecule has 7 heteroatoms. The summed E-state index contributed by atoms with van der Waals surface area (Å²) in [7, 11) is 1.66. The van der Waals surface area contributed by atoms with Crippen LogP contribution in [0.4, 0.5) is 0 Å². The average Bonchev–Trinajstić information content (AvgIpc) is 2.96. The summed E-state index contributed by atoms with van der Waals surface area (Å²) in [5.74, 6) is -0.174. The number of nitrogens with one attached hydrogen (secondary N) is 1. The molecule has 1 aromatic heterocycles. The lowest BCUT2D eigenvalue weighted by atomic mass is 10.1. The van der Waals surface area contributed by atoms with Crippen molar-refractivity contribution in [2.24, 2.45) is 0 Å². The molecule has 0 aliphatic carbocycles. The van der Waals surface area contributed by atoms with Crippen molar-refractivity contribution >= 4 is 5.97 Å². The third-order valence-corrected chi connectivity index (χ3v) is 3.04. The predicted molar refractivity (Wildman–Crippen MR) is 76.5 cm³/mol. The summed E-state index contributed by atoms with van der Waals surface area (Å²) in [6.07, 6.45) is 2.28. The van der Waals surface area contributed by atoms with Gasteiger partial charge in [-0.25, -0.2) is 4.79 Å². The zero-order chi connectivity index (χ0) is 15.1. The minimum atomic E-state index is -1.06. The number of carbonyl (C=O) groups is 1. The summed E-state index contributed by atoms with van der Waals surface area (Å²) in [5.41, 5.74) is 1.12. The zero-order valence-corrected chi connectivity index (χ0v) is 11.8. The third-order valence-electron chi connectivity index (χ3n) is 3.04. The van der Waals surface area contributed by atoms with Crippen molar-refractivity contribution in [2.75, 3.05) is 20.2 Å². The van der Waals surface area contributed by atoms with E-state index in [2.05, 4.69) is 15.6 Å². The molecule has 0 atom stereocenters. The Bertz CT molecular complexity index is 597. The highest BCUT2D eigenvalue weighted by Gasteiger charge is 2.07. The minimum Gasteiger partial charge on any atom is -0.496 e. The molecular weight excluding hydrogens is 272 g/mol. The van der Waals surface area contributed by atoms with Gasteiger partial charge in [-0.05, 0) is 24.6 Å². The van der Waals surface area contributed by atoms with E-state index in [0.717, 1.165) is 24.3 Å². The van der Waals surface area contributed by atoms with E-state index in [1.54, 1.807) is 7.11 Å². The second-order valence-electron chi connectivity index (χ2n) is 4.48. The number of aromatic carboxylic acids is 1. The van der Waals surface area contributed by atoms with Crippen LogP contribution < -0.4 is 10.1 Å². The van der Waals surface area contributed by atoms with Gasteiger partial charge in [-0.2, -0.15) is 0 Å². The molecule has 0 saturated carbocycles. The molecule has 1 heterocycles. The molecule has 2 rings (SSSR count). The quantitative estimate of drug-likeness (QED) is 0.700. The van der Waals surface area contributed by atoms with Gasteiger partial charge >= 0.3 is 5.97 Å². The highest BCUT2D eigenvalue weighted by atomic mass is 16.5. The molecule has 7 nitrogen and oxygen atoms in total. The van der Waals surface area contributed by atoms with Gasteiger partial charge in [-0.3, -0.25) is 4.68 Å². The van der Waals surface area contributed by atoms with E-state index in [-0.39, 0.29) is 5.69 Å². The number of aromatic nitrogens is 3. The molecular formula is C14H18N4O3. The first-order valence-corrected chi connectivity index (χ1v) is 6.66. The van der Waals surface area contributed by atoms with Crippen molar-refractivity contribution in [2.45, 2.75) is 13.0 Å². The second-order valence-corrected chi connectivity index (χ2v) is 4.48.